The van der Waals surface area contributed by atoms with Gasteiger partial charge in [0.15, 0.2) is 0 Å². The Hall–Kier alpha value is -2.82. The Morgan fingerprint density at radius 3 is 2.57 bits per heavy atom. The zero-order chi connectivity index (χ0) is 25.2. The topological polar surface area (TPSA) is 97.4 Å². The summed E-state index contributed by atoms with van der Waals surface area (Å²) in [5.41, 5.74) is 2.54. The minimum absolute atomic E-state index is 0.0308. The number of nitrogens with one attached hydrogen (secondary N) is 1. The maximum absolute atomic E-state index is 12.7. The maximum atomic E-state index is 12.7. The molecular weight excluding hydrogens is 470 g/mol. The predicted molar refractivity (Wildman–Crippen MR) is 136 cm³/mol. The number of anilines is 2. The first kappa shape index (κ1) is 25.3. The van der Waals surface area contributed by atoms with Crippen molar-refractivity contribution < 1.29 is 26.9 Å². The fourth-order valence-corrected chi connectivity index (χ4v) is 5.40. The molecule has 2 aliphatic heterocycles. The molecule has 0 spiro atoms. The van der Waals surface area contributed by atoms with Crippen LogP contribution in [0.15, 0.2) is 36.4 Å². The van der Waals surface area contributed by atoms with E-state index in [1.54, 1.807) is 30.1 Å². The first-order chi connectivity index (χ1) is 16.6. The van der Waals surface area contributed by atoms with Gasteiger partial charge in [-0.15, -0.1) is 0 Å². The van der Waals surface area contributed by atoms with Crippen molar-refractivity contribution in [2.45, 2.75) is 25.8 Å². The molecule has 10 heteroatoms. The number of morpholine rings is 1. The minimum atomic E-state index is -3.74. The molecule has 9 nitrogen and oxygen atoms in total. The third-order valence-electron chi connectivity index (χ3n) is 6.33. The van der Waals surface area contributed by atoms with E-state index in [9.17, 15) is 13.2 Å². The highest BCUT2D eigenvalue weighted by Crippen LogP contribution is 2.40. The SMILES string of the molecule is COc1cc(OS(=O)(=O)CCCN2CCOCC2)ccc1-c1ccc2c(c1)N(C)C(=O)C(C)(C)N2. The van der Waals surface area contributed by atoms with Gasteiger partial charge in [0, 0.05) is 31.8 Å². The van der Waals surface area contributed by atoms with E-state index in [-0.39, 0.29) is 17.4 Å². The number of fused-ring (bicyclic) bond motifs is 1. The van der Waals surface area contributed by atoms with Crippen LogP contribution in [0.25, 0.3) is 11.1 Å². The standard InChI is InChI=1S/C25H33N3O6S/c1-25(2)24(29)27(3)22-16-18(6-9-21(22)26-25)20-8-7-19(17-23(20)32-4)34-35(30,31)15-5-10-28-11-13-33-14-12-28/h6-9,16-17,26H,5,10-15H2,1-4H3. The lowest BCUT2D eigenvalue weighted by Crippen LogP contribution is -2.52. The lowest BCUT2D eigenvalue weighted by Gasteiger charge is -2.38. The van der Waals surface area contributed by atoms with E-state index in [1.807, 2.05) is 32.0 Å². The van der Waals surface area contributed by atoms with Crippen LogP contribution in [0.3, 0.4) is 0 Å². The quantitative estimate of drug-likeness (QED) is 0.549. The molecule has 2 aliphatic rings. The van der Waals surface area contributed by atoms with E-state index in [1.165, 1.54) is 7.11 Å². The fraction of sp³-hybridized carbons (Fsp3) is 0.480. The van der Waals surface area contributed by atoms with E-state index < -0.39 is 15.7 Å². The number of rotatable bonds is 8. The molecule has 2 heterocycles. The number of carbonyl (C=O) groups excluding carboxylic acids is 1. The second kappa shape index (κ2) is 10.0. The van der Waals surface area contributed by atoms with Gasteiger partial charge in [-0.2, -0.15) is 8.42 Å². The minimum Gasteiger partial charge on any atom is -0.496 e. The Balaban J connectivity index is 1.48. The highest BCUT2D eigenvalue weighted by molar-refractivity contribution is 7.87. The zero-order valence-corrected chi connectivity index (χ0v) is 21.5. The van der Waals surface area contributed by atoms with Gasteiger partial charge in [0.25, 0.3) is 5.91 Å². The smallest absolute Gasteiger partial charge is 0.309 e. The number of hydrogen-bond donors (Lipinski definition) is 1. The molecule has 0 radical (unpaired) electrons. The van der Waals surface area contributed by atoms with Gasteiger partial charge in [-0.1, -0.05) is 6.07 Å². The number of methoxy groups -OCH3 is 1. The number of benzene rings is 2. The third kappa shape index (κ3) is 5.71. The summed E-state index contributed by atoms with van der Waals surface area (Å²) >= 11 is 0. The Morgan fingerprint density at radius 1 is 1.11 bits per heavy atom. The summed E-state index contributed by atoms with van der Waals surface area (Å²) in [5, 5.41) is 3.28. The molecule has 0 unspecified atom stereocenters. The number of carbonyl (C=O) groups is 1. The van der Waals surface area contributed by atoms with Crippen molar-refractivity contribution in [2.75, 3.05) is 63.0 Å². The summed E-state index contributed by atoms with van der Waals surface area (Å²) in [6.07, 6.45) is 0.490. The summed E-state index contributed by atoms with van der Waals surface area (Å²) in [7, 11) is -0.459. The average Bonchev–Trinajstić information content (AvgIpc) is 2.82. The highest BCUT2D eigenvalue weighted by atomic mass is 32.2. The van der Waals surface area contributed by atoms with Crippen LogP contribution in [0.2, 0.25) is 0 Å². The molecule has 0 atom stereocenters. The van der Waals surface area contributed by atoms with E-state index in [0.29, 0.717) is 31.9 Å². The number of hydrogen-bond acceptors (Lipinski definition) is 8. The van der Waals surface area contributed by atoms with E-state index in [4.69, 9.17) is 13.7 Å². The van der Waals surface area contributed by atoms with Crippen LogP contribution in [0.4, 0.5) is 11.4 Å². The van der Waals surface area contributed by atoms with Gasteiger partial charge in [-0.3, -0.25) is 9.69 Å². The Kier molecular flexibility index (Phi) is 7.25. The maximum Gasteiger partial charge on any atom is 0.309 e. The second-order valence-corrected chi connectivity index (χ2v) is 11.1. The van der Waals surface area contributed by atoms with Crippen molar-refractivity contribution in [3.05, 3.63) is 36.4 Å². The van der Waals surface area contributed by atoms with Crippen LogP contribution in [0, 0.1) is 0 Å². The van der Waals surface area contributed by atoms with Crippen molar-refractivity contribution in [3.8, 4) is 22.6 Å². The Bertz CT molecular complexity index is 1190. The Labute approximate surface area is 207 Å². The van der Waals surface area contributed by atoms with Crippen molar-refractivity contribution in [2.24, 2.45) is 0 Å². The lowest BCUT2D eigenvalue weighted by molar-refractivity contribution is -0.121. The van der Waals surface area contributed by atoms with E-state index >= 15 is 0 Å². The number of amides is 1. The molecule has 190 valence electrons. The molecule has 1 N–H and O–H groups in total. The first-order valence-corrected chi connectivity index (χ1v) is 13.3. The second-order valence-electron chi connectivity index (χ2n) is 9.36. The van der Waals surface area contributed by atoms with Crippen molar-refractivity contribution in [1.82, 2.24) is 4.90 Å². The molecule has 0 bridgehead atoms. The lowest BCUT2D eigenvalue weighted by atomic mass is 9.96. The molecule has 0 aliphatic carbocycles. The summed E-state index contributed by atoms with van der Waals surface area (Å²) in [4.78, 5) is 16.5. The van der Waals surface area contributed by atoms with Crippen LogP contribution >= 0.6 is 0 Å². The summed E-state index contributed by atoms with van der Waals surface area (Å²) < 4.78 is 41.3. The predicted octanol–water partition coefficient (Wildman–Crippen LogP) is 2.96. The van der Waals surface area contributed by atoms with E-state index in [0.717, 1.165) is 35.6 Å². The molecule has 2 aromatic rings. The largest absolute Gasteiger partial charge is 0.496 e. The number of ether oxygens (including phenoxy) is 2. The first-order valence-electron chi connectivity index (χ1n) is 11.7. The zero-order valence-electron chi connectivity index (χ0n) is 20.7. The van der Waals surface area contributed by atoms with Gasteiger partial charge in [-0.05, 0) is 56.6 Å². The average molecular weight is 504 g/mol. The molecule has 35 heavy (non-hydrogen) atoms. The molecule has 1 saturated heterocycles. The molecule has 4 rings (SSSR count). The van der Waals surface area contributed by atoms with Crippen LogP contribution in [0.5, 0.6) is 11.5 Å². The van der Waals surface area contributed by atoms with Gasteiger partial charge < -0.3 is 23.9 Å². The molecule has 0 saturated carbocycles. The fourth-order valence-electron chi connectivity index (χ4n) is 4.44. The molecular formula is C25H33N3O6S. The highest BCUT2D eigenvalue weighted by Gasteiger charge is 2.36. The van der Waals surface area contributed by atoms with E-state index in [2.05, 4.69) is 10.2 Å². The van der Waals surface area contributed by atoms with Gasteiger partial charge in [0.2, 0.25) is 0 Å². The van der Waals surface area contributed by atoms with Crippen LogP contribution in [0.1, 0.15) is 20.3 Å². The van der Waals surface area contributed by atoms with Crippen molar-refractivity contribution >= 4 is 27.4 Å². The van der Waals surface area contributed by atoms with Gasteiger partial charge in [-0.25, -0.2) is 0 Å². The van der Waals surface area contributed by atoms with Crippen LogP contribution < -0.4 is 19.1 Å². The van der Waals surface area contributed by atoms with Gasteiger partial charge in [0.1, 0.15) is 17.0 Å². The normalized spacial score (nSPS) is 18.1. The van der Waals surface area contributed by atoms with Crippen molar-refractivity contribution in [3.63, 3.8) is 0 Å². The van der Waals surface area contributed by atoms with Crippen molar-refractivity contribution in [1.29, 1.82) is 0 Å². The van der Waals surface area contributed by atoms with Gasteiger partial charge in [0.05, 0.1) is 37.5 Å². The number of likely N-dealkylation sites (N-methyl/N-ethyl adjacent to an activating group) is 1. The monoisotopic (exact) mass is 503 g/mol. The van der Waals surface area contributed by atoms with Gasteiger partial charge >= 0.3 is 10.1 Å². The number of nitrogens with zero attached hydrogens (tertiary/aromatic N) is 2. The Morgan fingerprint density at radius 2 is 1.86 bits per heavy atom. The molecule has 2 aromatic carbocycles. The molecule has 1 amide bonds. The summed E-state index contributed by atoms with van der Waals surface area (Å²) in [5.74, 6) is 0.578. The molecule has 0 aromatic heterocycles. The van der Waals surface area contributed by atoms with Crippen LogP contribution in [-0.2, 0) is 19.6 Å². The summed E-state index contributed by atoms with van der Waals surface area (Å²) in [6.45, 7) is 7.39. The molecule has 1 fully saturated rings. The third-order valence-corrected chi connectivity index (χ3v) is 7.56. The van der Waals surface area contributed by atoms with Crippen LogP contribution in [-0.4, -0.2) is 77.5 Å². The summed E-state index contributed by atoms with van der Waals surface area (Å²) in [6, 6.07) is 10.7.